The number of aromatic nitrogens is 2. The summed E-state index contributed by atoms with van der Waals surface area (Å²) in [5.74, 6) is 0.484. The van der Waals surface area contributed by atoms with Crippen LogP contribution in [0.2, 0.25) is 10.0 Å². The molecule has 0 radical (unpaired) electrons. The molecule has 2 heterocycles. The van der Waals surface area contributed by atoms with Gasteiger partial charge in [0.1, 0.15) is 0 Å². The van der Waals surface area contributed by atoms with Crippen molar-refractivity contribution in [3.05, 3.63) is 46.6 Å². The summed E-state index contributed by atoms with van der Waals surface area (Å²) < 4.78 is 10.6. The van der Waals surface area contributed by atoms with Crippen LogP contribution in [0.3, 0.4) is 0 Å². The lowest BCUT2D eigenvalue weighted by atomic mass is 10.3. The zero-order chi connectivity index (χ0) is 17.1. The molecule has 124 valence electrons. The molecule has 0 spiro atoms. The molecular formula is C15H11Cl2N3O3S. The molecule has 6 nitrogen and oxygen atoms in total. The van der Waals surface area contributed by atoms with E-state index in [1.54, 1.807) is 37.3 Å². The molecule has 0 aliphatic heterocycles. The number of halogens is 2. The number of anilines is 1. The predicted octanol–water partition coefficient (Wildman–Crippen LogP) is 4.76. The minimum Gasteiger partial charge on any atom is -0.459 e. The van der Waals surface area contributed by atoms with Crippen LogP contribution in [0.25, 0.3) is 11.7 Å². The van der Waals surface area contributed by atoms with Gasteiger partial charge in [0, 0.05) is 5.02 Å². The fourth-order valence-electron chi connectivity index (χ4n) is 1.79. The minimum atomic E-state index is -0.471. The molecule has 1 aromatic carbocycles. The minimum absolute atomic E-state index is 0.248. The average molecular weight is 384 g/mol. The van der Waals surface area contributed by atoms with E-state index in [-0.39, 0.29) is 17.0 Å². The Morgan fingerprint density at radius 3 is 2.83 bits per heavy atom. The zero-order valence-electron chi connectivity index (χ0n) is 12.3. The van der Waals surface area contributed by atoms with Gasteiger partial charge in [-0.25, -0.2) is 0 Å². The van der Waals surface area contributed by atoms with Crippen molar-refractivity contribution in [2.24, 2.45) is 0 Å². The third-order valence-corrected chi connectivity index (χ3v) is 4.46. The smallest absolute Gasteiger partial charge is 0.284 e. The second-order valence-electron chi connectivity index (χ2n) is 4.72. The Bertz CT molecular complexity index is 852. The zero-order valence-corrected chi connectivity index (χ0v) is 14.7. The summed E-state index contributed by atoms with van der Waals surface area (Å²) in [6.45, 7) is 1.72. The van der Waals surface area contributed by atoms with Gasteiger partial charge in [-0.1, -0.05) is 35.0 Å². The number of carbonyl (C=O) groups is 1. The number of hydrogen-bond acceptors (Lipinski definition) is 6. The fourth-order valence-corrected chi connectivity index (χ4v) is 2.93. The second kappa shape index (κ2) is 7.29. The van der Waals surface area contributed by atoms with E-state index in [0.717, 1.165) is 11.8 Å². The van der Waals surface area contributed by atoms with Gasteiger partial charge in [-0.2, -0.15) is 0 Å². The Morgan fingerprint density at radius 2 is 2.12 bits per heavy atom. The number of thioether (sulfide) groups is 1. The van der Waals surface area contributed by atoms with E-state index in [4.69, 9.17) is 32.0 Å². The van der Waals surface area contributed by atoms with E-state index in [2.05, 4.69) is 15.5 Å². The molecule has 0 aliphatic carbocycles. The molecule has 0 bridgehead atoms. The SMILES string of the molecule is C[C@H](Sc1nnc(-c2ccco2)o1)C(=O)Nc1ccc(Cl)cc1Cl. The summed E-state index contributed by atoms with van der Waals surface area (Å²) in [6, 6.07) is 8.28. The quantitative estimate of drug-likeness (QED) is 0.639. The van der Waals surface area contributed by atoms with Crippen molar-refractivity contribution in [1.29, 1.82) is 0 Å². The first-order chi connectivity index (χ1) is 11.5. The molecule has 1 N–H and O–H groups in total. The number of benzene rings is 1. The topological polar surface area (TPSA) is 81.2 Å². The highest BCUT2D eigenvalue weighted by Gasteiger charge is 2.20. The lowest BCUT2D eigenvalue weighted by molar-refractivity contribution is -0.115. The largest absolute Gasteiger partial charge is 0.459 e. The molecule has 0 aliphatic rings. The van der Waals surface area contributed by atoms with E-state index in [0.29, 0.717) is 21.5 Å². The molecule has 1 amide bonds. The summed E-state index contributed by atoms with van der Waals surface area (Å²) in [6.07, 6.45) is 1.51. The normalized spacial score (nSPS) is 12.1. The maximum absolute atomic E-state index is 12.3. The van der Waals surface area contributed by atoms with Gasteiger partial charge < -0.3 is 14.2 Å². The highest BCUT2D eigenvalue weighted by Crippen LogP contribution is 2.29. The van der Waals surface area contributed by atoms with Crippen molar-refractivity contribution >= 4 is 46.6 Å². The third kappa shape index (κ3) is 3.92. The number of amides is 1. The van der Waals surface area contributed by atoms with E-state index in [1.807, 2.05) is 0 Å². The standard InChI is InChI=1S/C15H11Cl2N3O3S/c1-8(13(21)18-11-5-4-9(16)7-10(11)17)24-15-20-19-14(23-15)12-3-2-6-22-12/h2-8H,1H3,(H,18,21)/t8-/m0/s1. The first-order valence-corrected chi connectivity index (χ1v) is 8.46. The van der Waals surface area contributed by atoms with Crippen LogP contribution in [-0.4, -0.2) is 21.4 Å². The molecule has 24 heavy (non-hydrogen) atoms. The van der Waals surface area contributed by atoms with E-state index in [9.17, 15) is 4.79 Å². The van der Waals surface area contributed by atoms with Crippen molar-refractivity contribution in [2.45, 2.75) is 17.4 Å². The summed E-state index contributed by atoms with van der Waals surface area (Å²) in [4.78, 5) is 12.3. The molecule has 0 unspecified atom stereocenters. The van der Waals surface area contributed by atoms with Gasteiger partial charge in [0.2, 0.25) is 5.91 Å². The second-order valence-corrected chi connectivity index (χ2v) is 6.86. The average Bonchev–Trinajstić information content (AvgIpc) is 3.20. The van der Waals surface area contributed by atoms with Crippen LogP contribution in [0.5, 0.6) is 0 Å². The highest BCUT2D eigenvalue weighted by molar-refractivity contribution is 8.00. The Morgan fingerprint density at radius 1 is 1.29 bits per heavy atom. The van der Waals surface area contributed by atoms with Crippen LogP contribution in [0, 0.1) is 0 Å². The van der Waals surface area contributed by atoms with Crippen molar-refractivity contribution in [3.8, 4) is 11.7 Å². The number of furan rings is 1. The summed E-state index contributed by atoms with van der Waals surface area (Å²) in [5.41, 5.74) is 0.486. The highest BCUT2D eigenvalue weighted by atomic mass is 35.5. The van der Waals surface area contributed by atoms with Gasteiger partial charge >= 0.3 is 0 Å². The van der Waals surface area contributed by atoms with Gasteiger partial charge in [-0.15, -0.1) is 10.2 Å². The fraction of sp³-hybridized carbons (Fsp3) is 0.133. The molecule has 2 aromatic heterocycles. The van der Waals surface area contributed by atoms with Crippen LogP contribution in [-0.2, 0) is 4.79 Å². The van der Waals surface area contributed by atoms with Crippen LogP contribution < -0.4 is 5.32 Å². The van der Waals surface area contributed by atoms with Crippen LogP contribution in [0.1, 0.15) is 6.92 Å². The predicted molar refractivity (Wildman–Crippen MR) is 92.4 cm³/mol. The summed E-state index contributed by atoms with van der Waals surface area (Å²) in [5, 5.41) is 11.2. The van der Waals surface area contributed by atoms with Gasteiger partial charge in [0.25, 0.3) is 11.1 Å². The first-order valence-electron chi connectivity index (χ1n) is 6.83. The van der Waals surface area contributed by atoms with Crippen LogP contribution in [0.4, 0.5) is 5.69 Å². The van der Waals surface area contributed by atoms with E-state index < -0.39 is 5.25 Å². The number of carbonyl (C=O) groups excluding carboxylic acids is 1. The lowest BCUT2D eigenvalue weighted by Gasteiger charge is -2.11. The Kier molecular flexibility index (Phi) is 5.13. The molecule has 3 aromatic rings. The third-order valence-electron chi connectivity index (χ3n) is 2.97. The van der Waals surface area contributed by atoms with Crippen LogP contribution >= 0.6 is 35.0 Å². The Labute approximate surface area is 151 Å². The molecule has 0 fully saturated rings. The molecule has 3 rings (SSSR count). The van der Waals surface area contributed by atoms with E-state index in [1.165, 1.54) is 6.26 Å². The van der Waals surface area contributed by atoms with Crippen molar-refractivity contribution < 1.29 is 13.6 Å². The Hall–Kier alpha value is -1.96. The number of nitrogens with zero attached hydrogens (tertiary/aromatic N) is 2. The van der Waals surface area contributed by atoms with Gasteiger partial charge in [0.15, 0.2) is 5.76 Å². The summed E-state index contributed by atoms with van der Waals surface area (Å²) >= 11 is 13.0. The monoisotopic (exact) mass is 383 g/mol. The van der Waals surface area contributed by atoms with Gasteiger partial charge in [0.05, 0.1) is 22.2 Å². The Balaban J connectivity index is 1.64. The van der Waals surface area contributed by atoms with E-state index >= 15 is 0 Å². The van der Waals surface area contributed by atoms with Crippen LogP contribution in [0.15, 0.2) is 50.7 Å². The number of nitrogens with one attached hydrogen (secondary N) is 1. The molecular weight excluding hydrogens is 373 g/mol. The number of rotatable bonds is 5. The van der Waals surface area contributed by atoms with Gasteiger partial charge in [-0.05, 0) is 37.3 Å². The number of hydrogen-bond donors (Lipinski definition) is 1. The first kappa shape index (κ1) is 16.9. The molecule has 0 saturated carbocycles. The maximum Gasteiger partial charge on any atom is 0.284 e. The molecule has 1 atom stereocenters. The van der Waals surface area contributed by atoms with Crippen molar-refractivity contribution in [2.75, 3.05) is 5.32 Å². The van der Waals surface area contributed by atoms with Crippen molar-refractivity contribution in [3.63, 3.8) is 0 Å². The summed E-state index contributed by atoms with van der Waals surface area (Å²) in [7, 11) is 0. The van der Waals surface area contributed by atoms with Crippen molar-refractivity contribution in [1.82, 2.24) is 10.2 Å². The molecule has 0 saturated heterocycles. The maximum atomic E-state index is 12.3. The van der Waals surface area contributed by atoms with Gasteiger partial charge in [-0.3, -0.25) is 4.79 Å². The lowest BCUT2D eigenvalue weighted by Crippen LogP contribution is -2.22. The molecule has 9 heteroatoms.